The van der Waals surface area contributed by atoms with Crippen LogP contribution in [0.2, 0.25) is 0 Å². The van der Waals surface area contributed by atoms with E-state index in [9.17, 15) is 4.39 Å². The predicted octanol–water partition coefficient (Wildman–Crippen LogP) is 4.19. The van der Waals surface area contributed by atoms with E-state index in [2.05, 4.69) is 24.3 Å². The Kier molecular flexibility index (Phi) is 3.81. The van der Waals surface area contributed by atoms with Crippen molar-refractivity contribution in [1.29, 1.82) is 0 Å². The summed E-state index contributed by atoms with van der Waals surface area (Å²) in [6.07, 6.45) is 2.04. The van der Waals surface area contributed by atoms with Gasteiger partial charge >= 0.3 is 0 Å². The van der Waals surface area contributed by atoms with Gasteiger partial charge in [0.15, 0.2) is 0 Å². The zero-order valence-electron chi connectivity index (χ0n) is 11.3. The minimum absolute atomic E-state index is 0.0112. The van der Waals surface area contributed by atoms with Crippen LogP contribution in [0.15, 0.2) is 59.5 Å². The zero-order chi connectivity index (χ0) is 14.0. The summed E-state index contributed by atoms with van der Waals surface area (Å²) in [6, 6.07) is 17.5. The van der Waals surface area contributed by atoms with Crippen molar-refractivity contribution in [2.45, 2.75) is 28.4 Å². The summed E-state index contributed by atoms with van der Waals surface area (Å²) in [6.45, 7) is 0.593. The van der Waals surface area contributed by atoms with Crippen LogP contribution in [0.3, 0.4) is 0 Å². The molecule has 0 atom stereocenters. The molecule has 0 unspecified atom stereocenters. The molecular weight excluding hydrogens is 269 g/mol. The molecule has 2 aromatic rings. The second kappa shape index (κ2) is 5.58. The van der Waals surface area contributed by atoms with Gasteiger partial charge < -0.3 is 5.73 Å². The Hall–Kier alpha value is -1.32. The molecule has 104 valence electrons. The second-order valence-electron chi connectivity index (χ2n) is 5.44. The molecule has 2 N–H and O–H groups in total. The van der Waals surface area contributed by atoms with E-state index in [4.69, 9.17) is 5.73 Å². The summed E-state index contributed by atoms with van der Waals surface area (Å²) >= 11 is 1.60. The molecule has 0 radical (unpaired) electrons. The molecule has 1 saturated carbocycles. The van der Waals surface area contributed by atoms with Gasteiger partial charge in [-0.05, 0) is 36.5 Å². The van der Waals surface area contributed by atoms with Gasteiger partial charge in [0.2, 0.25) is 0 Å². The van der Waals surface area contributed by atoms with Crippen molar-refractivity contribution in [2.75, 3.05) is 6.54 Å². The van der Waals surface area contributed by atoms with Gasteiger partial charge in [-0.2, -0.15) is 0 Å². The second-order valence-corrected chi connectivity index (χ2v) is 6.95. The quantitative estimate of drug-likeness (QED) is 0.912. The maximum Gasteiger partial charge on any atom is 0.136 e. The van der Waals surface area contributed by atoms with E-state index in [1.165, 1.54) is 11.6 Å². The Labute approximate surface area is 123 Å². The molecule has 3 rings (SSSR count). The van der Waals surface area contributed by atoms with E-state index in [-0.39, 0.29) is 10.6 Å². The van der Waals surface area contributed by atoms with Crippen molar-refractivity contribution in [3.8, 4) is 0 Å². The molecule has 1 aliphatic rings. The van der Waals surface area contributed by atoms with Crippen molar-refractivity contribution >= 4 is 11.8 Å². The standard InChI is InChI=1S/C17H18FNS/c18-15-8-4-5-9-16(15)20-17(12-19)10-14(11-17)13-6-2-1-3-7-13/h1-9,14H,10-12,19H2. The van der Waals surface area contributed by atoms with E-state index in [0.717, 1.165) is 12.8 Å². The summed E-state index contributed by atoms with van der Waals surface area (Å²) in [7, 11) is 0. The zero-order valence-corrected chi connectivity index (χ0v) is 12.1. The predicted molar refractivity (Wildman–Crippen MR) is 82.5 cm³/mol. The highest BCUT2D eigenvalue weighted by Crippen LogP contribution is 2.54. The molecule has 0 saturated heterocycles. The number of hydrogen-bond donors (Lipinski definition) is 1. The van der Waals surface area contributed by atoms with E-state index in [0.29, 0.717) is 17.4 Å². The average molecular weight is 287 g/mol. The molecule has 1 nitrogen and oxygen atoms in total. The number of rotatable bonds is 4. The van der Waals surface area contributed by atoms with Gasteiger partial charge in [0, 0.05) is 16.2 Å². The topological polar surface area (TPSA) is 26.0 Å². The van der Waals surface area contributed by atoms with Gasteiger partial charge in [-0.25, -0.2) is 4.39 Å². The largest absolute Gasteiger partial charge is 0.329 e. The molecule has 2 aromatic carbocycles. The molecule has 0 bridgehead atoms. The third kappa shape index (κ3) is 2.60. The lowest BCUT2D eigenvalue weighted by Crippen LogP contribution is -2.45. The van der Waals surface area contributed by atoms with Crippen LogP contribution in [-0.4, -0.2) is 11.3 Å². The van der Waals surface area contributed by atoms with Gasteiger partial charge in [-0.3, -0.25) is 0 Å². The van der Waals surface area contributed by atoms with Crippen LogP contribution >= 0.6 is 11.8 Å². The average Bonchev–Trinajstić information content (AvgIpc) is 2.45. The van der Waals surface area contributed by atoms with Gasteiger partial charge in [0.05, 0.1) is 0 Å². The van der Waals surface area contributed by atoms with Crippen LogP contribution in [0, 0.1) is 5.82 Å². The van der Waals surface area contributed by atoms with Crippen molar-refractivity contribution in [3.63, 3.8) is 0 Å². The SMILES string of the molecule is NCC1(Sc2ccccc2F)CC(c2ccccc2)C1. The molecule has 0 aromatic heterocycles. The summed E-state index contributed by atoms with van der Waals surface area (Å²) in [4.78, 5) is 0.712. The fourth-order valence-electron chi connectivity index (χ4n) is 2.85. The fraction of sp³-hybridized carbons (Fsp3) is 0.294. The monoisotopic (exact) mass is 287 g/mol. The summed E-state index contributed by atoms with van der Waals surface area (Å²) in [5, 5.41) is 0. The highest BCUT2D eigenvalue weighted by atomic mass is 32.2. The van der Waals surface area contributed by atoms with E-state index < -0.39 is 0 Å². The van der Waals surface area contributed by atoms with Crippen LogP contribution in [0.1, 0.15) is 24.3 Å². The molecule has 3 heteroatoms. The maximum atomic E-state index is 13.8. The molecule has 1 fully saturated rings. The maximum absolute atomic E-state index is 13.8. The number of hydrogen-bond acceptors (Lipinski definition) is 2. The number of benzene rings is 2. The van der Waals surface area contributed by atoms with Crippen molar-refractivity contribution in [3.05, 3.63) is 66.0 Å². The third-order valence-electron chi connectivity index (χ3n) is 4.04. The van der Waals surface area contributed by atoms with E-state index in [1.807, 2.05) is 18.2 Å². The third-order valence-corrected chi connectivity index (χ3v) is 5.53. The Bertz CT molecular complexity index is 579. The molecule has 0 spiro atoms. The summed E-state index contributed by atoms with van der Waals surface area (Å²) < 4.78 is 13.8. The fourth-order valence-corrected chi connectivity index (χ4v) is 4.28. The molecule has 1 aliphatic carbocycles. The van der Waals surface area contributed by atoms with Crippen LogP contribution < -0.4 is 5.73 Å². The van der Waals surface area contributed by atoms with E-state index >= 15 is 0 Å². The number of nitrogens with two attached hydrogens (primary N) is 1. The van der Waals surface area contributed by atoms with Crippen LogP contribution in [0.25, 0.3) is 0 Å². The molecule has 0 heterocycles. The van der Waals surface area contributed by atoms with Gasteiger partial charge in [-0.15, -0.1) is 11.8 Å². The number of thioether (sulfide) groups is 1. The van der Waals surface area contributed by atoms with Gasteiger partial charge in [0.25, 0.3) is 0 Å². The van der Waals surface area contributed by atoms with Crippen molar-refractivity contribution < 1.29 is 4.39 Å². The lowest BCUT2D eigenvalue weighted by atomic mass is 9.70. The Morgan fingerprint density at radius 2 is 1.70 bits per heavy atom. The first kappa shape index (κ1) is 13.7. The number of halogens is 1. The summed E-state index contributed by atoms with van der Waals surface area (Å²) in [5.74, 6) is 0.410. The van der Waals surface area contributed by atoms with Crippen molar-refractivity contribution in [2.24, 2.45) is 5.73 Å². The van der Waals surface area contributed by atoms with Crippen LogP contribution in [-0.2, 0) is 0 Å². The Morgan fingerprint density at radius 3 is 2.35 bits per heavy atom. The van der Waals surface area contributed by atoms with E-state index in [1.54, 1.807) is 17.8 Å². The minimum atomic E-state index is -0.145. The smallest absolute Gasteiger partial charge is 0.136 e. The Balaban J connectivity index is 1.72. The molecular formula is C17H18FNS. The first-order chi connectivity index (χ1) is 9.72. The summed E-state index contributed by atoms with van der Waals surface area (Å²) in [5.41, 5.74) is 7.33. The highest BCUT2D eigenvalue weighted by Gasteiger charge is 2.44. The molecule has 0 aliphatic heterocycles. The normalized spacial score (nSPS) is 25.2. The van der Waals surface area contributed by atoms with Crippen molar-refractivity contribution in [1.82, 2.24) is 0 Å². The first-order valence-electron chi connectivity index (χ1n) is 6.91. The van der Waals surface area contributed by atoms with Gasteiger partial charge in [0.1, 0.15) is 5.82 Å². The van der Waals surface area contributed by atoms with Crippen LogP contribution in [0.5, 0.6) is 0 Å². The molecule has 0 amide bonds. The molecule has 20 heavy (non-hydrogen) atoms. The van der Waals surface area contributed by atoms with Gasteiger partial charge in [-0.1, -0.05) is 42.5 Å². The van der Waals surface area contributed by atoms with Crippen LogP contribution in [0.4, 0.5) is 4.39 Å². The Morgan fingerprint density at radius 1 is 1.05 bits per heavy atom. The minimum Gasteiger partial charge on any atom is -0.329 e. The lowest BCUT2D eigenvalue weighted by molar-refractivity contribution is 0.312. The highest BCUT2D eigenvalue weighted by molar-refractivity contribution is 8.00. The lowest BCUT2D eigenvalue weighted by Gasteiger charge is -2.47. The first-order valence-corrected chi connectivity index (χ1v) is 7.73.